The Kier molecular flexibility index (Phi) is 17.8. The Morgan fingerprint density at radius 2 is 1.58 bits per heavy atom. The van der Waals surface area contributed by atoms with Gasteiger partial charge in [-0.25, -0.2) is 8.78 Å². The molecule has 9 atom stereocenters. The van der Waals surface area contributed by atoms with Crippen molar-refractivity contribution in [1.29, 1.82) is 0 Å². The average molecular weight is 754 g/mol. The van der Waals surface area contributed by atoms with Crippen LogP contribution in [0, 0.1) is 35.3 Å². The second-order valence-electron chi connectivity index (χ2n) is 15.4. The first-order valence-electron chi connectivity index (χ1n) is 18.8. The highest BCUT2D eigenvalue weighted by Crippen LogP contribution is 2.38. The van der Waals surface area contributed by atoms with Gasteiger partial charge in [0.1, 0.15) is 17.7 Å². The third kappa shape index (κ3) is 11.2. The lowest BCUT2D eigenvalue weighted by atomic mass is 9.82. The maximum Gasteiger partial charge on any atom is 0.245 e. The molecule has 1 fully saturated rings. The summed E-state index contributed by atoms with van der Waals surface area (Å²) in [6.07, 6.45) is -1.87. The van der Waals surface area contributed by atoms with E-state index in [-0.39, 0.29) is 73.4 Å². The third-order valence-electron chi connectivity index (χ3n) is 11.0. The summed E-state index contributed by atoms with van der Waals surface area (Å²) in [6, 6.07) is 1.74. The van der Waals surface area contributed by atoms with Crippen LogP contribution in [0.25, 0.3) is 0 Å². The van der Waals surface area contributed by atoms with Crippen LogP contribution in [-0.4, -0.2) is 122 Å². The SMILES string of the molecule is CCC(C)[C@@H]([C@@H](CC(=O)N1C[C@@H](O)C[C@@]1(C)[C@H](OC)[C@@H](C)C(=O)NCCc1c(F)cccc1F)OC)N(C)C(=O)[C@@H](NC(=O)[C@@H](NC)C(C)C)C(C)C. The van der Waals surface area contributed by atoms with E-state index < -0.39 is 65.4 Å². The van der Waals surface area contributed by atoms with Crippen LogP contribution in [0.15, 0.2) is 18.2 Å². The normalized spacial score (nSPS) is 21.5. The van der Waals surface area contributed by atoms with Gasteiger partial charge in [-0.2, -0.15) is 0 Å². The van der Waals surface area contributed by atoms with Gasteiger partial charge in [0.2, 0.25) is 23.6 Å². The zero-order valence-corrected chi connectivity index (χ0v) is 33.8. The quantitative estimate of drug-likeness (QED) is 0.159. The lowest BCUT2D eigenvalue weighted by Crippen LogP contribution is -2.60. The number of carbonyl (C=O) groups is 4. The molecule has 12 nitrogen and oxygen atoms in total. The molecule has 1 aliphatic rings. The minimum Gasteiger partial charge on any atom is -0.391 e. The lowest BCUT2D eigenvalue weighted by molar-refractivity contribution is -0.152. The zero-order valence-electron chi connectivity index (χ0n) is 33.8. The molecule has 2 rings (SSSR count). The molecule has 1 saturated heterocycles. The number of methoxy groups -OCH3 is 2. The number of rotatable bonds is 20. The van der Waals surface area contributed by atoms with Gasteiger partial charge in [-0.3, -0.25) is 19.2 Å². The van der Waals surface area contributed by atoms with Gasteiger partial charge in [0.25, 0.3) is 0 Å². The molecule has 0 bridgehead atoms. The summed E-state index contributed by atoms with van der Waals surface area (Å²) < 4.78 is 40.1. The van der Waals surface area contributed by atoms with Crippen LogP contribution in [0.5, 0.6) is 0 Å². The third-order valence-corrected chi connectivity index (χ3v) is 11.0. The molecule has 1 heterocycles. The Bertz CT molecular complexity index is 1360. The molecule has 4 N–H and O–H groups in total. The Balaban J connectivity index is 2.31. The van der Waals surface area contributed by atoms with Crippen molar-refractivity contribution in [2.45, 2.75) is 123 Å². The van der Waals surface area contributed by atoms with Crippen molar-refractivity contribution in [3.05, 3.63) is 35.4 Å². The number of carbonyl (C=O) groups excluding carboxylic acids is 4. The summed E-state index contributed by atoms with van der Waals surface area (Å²) in [5, 5.41) is 19.6. The number of hydrogen-bond donors (Lipinski definition) is 4. The maximum absolute atomic E-state index is 14.3. The van der Waals surface area contributed by atoms with Crippen LogP contribution < -0.4 is 16.0 Å². The lowest BCUT2D eigenvalue weighted by Gasteiger charge is -2.44. The first-order chi connectivity index (χ1) is 24.8. The Labute approximate surface area is 315 Å². The van der Waals surface area contributed by atoms with Crippen molar-refractivity contribution in [3.63, 3.8) is 0 Å². The van der Waals surface area contributed by atoms with E-state index in [0.29, 0.717) is 6.42 Å². The van der Waals surface area contributed by atoms with E-state index in [0.717, 1.165) is 12.1 Å². The fourth-order valence-corrected chi connectivity index (χ4v) is 7.86. The predicted molar refractivity (Wildman–Crippen MR) is 200 cm³/mol. The summed E-state index contributed by atoms with van der Waals surface area (Å²) in [7, 11) is 6.29. The molecule has 0 spiro atoms. The highest BCUT2D eigenvalue weighted by atomic mass is 19.1. The maximum atomic E-state index is 14.3. The van der Waals surface area contributed by atoms with Crippen LogP contribution in [0.1, 0.15) is 80.2 Å². The summed E-state index contributed by atoms with van der Waals surface area (Å²) in [4.78, 5) is 58.1. The predicted octanol–water partition coefficient (Wildman–Crippen LogP) is 3.29. The van der Waals surface area contributed by atoms with Gasteiger partial charge in [-0.05, 0) is 50.3 Å². The number of aliphatic hydroxyl groups excluding tert-OH is 1. The molecule has 0 aromatic heterocycles. The largest absolute Gasteiger partial charge is 0.391 e. The number of nitrogens with one attached hydrogen (secondary N) is 3. The molecule has 1 aromatic rings. The summed E-state index contributed by atoms with van der Waals surface area (Å²) in [5.41, 5.74) is -1.24. The van der Waals surface area contributed by atoms with Crippen LogP contribution in [0.2, 0.25) is 0 Å². The van der Waals surface area contributed by atoms with Crippen LogP contribution in [0.3, 0.4) is 0 Å². The molecule has 1 unspecified atom stereocenters. The van der Waals surface area contributed by atoms with Crippen molar-refractivity contribution < 1.29 is 42.5 Å². The van der Waals surface area contributed by atoms with Crippen LogP contribution >= 0.6 is 0 Å². The number of halogens is 2. The molecular weight excluding hydrogens is 688 g/mol. The highest BCUT2D eigenvalue weighted by Gasteiger charge is 2.53. The van der Waals surface area contributed by atoms with Gasteiger partial charge < -0.3 is 40.3 Å². The van der Waals surface area contributed by atoms with E-state index in [4.69, 9.17) is 9.47 Å². The molecule has 4 amide bonds. The van der Waals surface area contributed by atoms with E-state index in [9.17, 15) is 33.1 Å². The zero-order chi connectivity index (χ0) is 40.4. The molecule has 1 aliphatic heterocycles. The molecule has 0 radical (unpaired) electrons. The fourth-order valence-electron chi connectivity index (χ4n) is 7.86. The fraction of sp³-hybridized carbons (Fsp3) is 0.744. The second kappa shape index (κ2) is 20.5. The first kappa shape index (κ1) is 46.0. The van der Waals surface area contributed by atoms with Gasteiger partial charge in [0.05, 0.1) is 48.3 Å². The topological polar surface area (TPSA) is 150 Å². The number of ether oxygens (including phenoxy) is 2. The number of amides is 4. The van der Waals surface area contributed by atoms with Crippen molar-refractivity contribution in [2.24, 2.45) is 23.7 Å². The molecule has 1 aromatic carbocycles. The van der Waals surface area contributed by atoms with Gasteiger partial charge in [-0.1, -0.05) is 61.0 Å². The van der Waals surface area contributed by atoms with Crippen LogP contribution in [0.4, 0.5) is 8.78 Å². The number of β-amino-alcohol motifs (C(OH)–C–C–N with tert-alkyl or cyclic N) is 1. The Hall–Kier alpha value is -3.20. The average Bonchev–Trinajstić information content (AvgIpc) is 3.41. The minimum absolute atomic E-state index is 0.000761. The van der Waals surface area contributed by atoms with E-state index in [1.165, 1.54) is 25.2 Å². The van der Waals surface area contributed by atoms with E-state index in [1.54, 1.807) is 32.8 Å². The van der Waals surface area contributed by atoms with Crippen molar-refractivity contribution >= 4 is 23.6 Å². The molecule has 0 aliphatic carbocycles. The number of hydrogen-bond acceptors (Lipinski definition) is 8. The van der Waals surface area contributed by atoms with Gasteiger partial charge in [-0.15, -0.1) is 0 Å². The Morgan fingerprint density at radius 1 is 1.00 bits per heavy atom. The number of likely N-dealkylation sites (N-methyl/N-ethyl adjacent to an activating group) is 2. The second-order valence-corrected chi connectivity index (χ2v) is 15.4. The van der Waals surface area contributed by atoms with Crippen molar-refractivity contribution in [1.82, 2.24) is 25.8 Å². The summed E-state index contributed by atoms with van der Waals surface area (Å²) in [5.74, 6) is -3.89. The smallest absolute Gasteiger partial charge is 0.245 e. The highest BCUT2D eigenvalue weighted by molar-refractivity contribution is 5.90. The molecular formula is C39H65F2N5O7. The molecule has 302 valence electrons. The molecule has 14 heteroatoms. The molecule has 0 saturated carbocycles. The first-order valence-corrected chi connectivity index (χ1v) is 18.8. The number of aliphatic hydroxyl groups is 1. The number of benzene rings is 1. The van der Waals surface area contributed by atoms with E-state index in [1.807, 2.05) is 41.5 Å². The van der Waals surface area contributed by atoms with Gasteiger partial charge >= 0.3 is 0 Å². The summed E-state index contributed by atoms with van der Waals surface area (Å²) >= 11 is 0. The summed E-state index contributed by atoms with van der Waals surface area (Å²) in [6.45, 7) is 14.9. The van der Waals surface area contributed by atoms with E-state index >= 15 is 0 Å². The minimum atomic E-state index is -1.11. The standard InChI is InChI=1S/C39H65F2N5O7/c1-13-24(6)34(45(10)38(51)33(23(4)5)44-37(50)32(42-9)22(2)3)30(52-11)19-31(48)46-21-26(47)20-39(46,8)35(53-12)25(7)36(49)43-18-17-27-28(40)15-14-16-29(27)41/h14-16,22-26,30,32-35,42,47H,13,17-21H2,1-12H3,(H,43,49)(H,44,50)/t24?,25-,26+,30-,32+,33+,34+,35-,39+/m1/s1. The monoisotopic (exact) mass is 753 g/mol. The van der Waals surface area contributed by atoms with E-state index in [2.05, 4.69) is 16.0 Å². The Morgan fingerprint density at radius 3 is 2.08 bits per heavy atom. The van der Waals surface area contributed by atoms with Crippen molar-refractivity contribution in [2.75, 3.05) is 41.4 Å². The van der Waals surface area contributed by atoms with Gasteiger partial charge in [0, 0.05) is 46.3 Å². The molecule has 53 heavy (non-hydrogen) atoms. The van der Waals surface area contributed by atoms with Gasteiger partial charge in [0.15, 0.2) is 0 Å². The number of nitrogens with zero attached hydrogens (tertiary/aromatic N) is 2. The number of likely N-dealkylation sites (tertiary alicyclic amines) is 1. The van der Waals surface area contributed by atoms with Crippen molar-refractivity contribution in [3.8, 4) is 0 Å². The van der Waals surface area contributed by atoms with Crippen LogP contribution in [-0.2, 0) is 35.1 Å².